The standard InChI is InChI=1S/C27H46N2O/c1-3-5-7-21-10-14-24(15-11-21)26-28-27(30-29-26)25-18-16-23(17-19-25)22-12-8-20(6-4-2)9-13-22/h20-25H,3-19H2,1-2H3. The van der Waals surface area contributed by atoms with E-state index in [9.17, 15) is 0 Å². The van der Waals surface area contributed by atoms with Crippen LogP contribution in [0.5, 0.6) is 0 Å². The molecule has 1 heterocycles. The Kier molecular flexibility index (Phi) is 8.29. The van der Waals surface area contributed by atoms with Crippen LogP contribution in [0.2, 0.25) is 0 Å². The second kappa shape index (κ2) is 11.1. The molecule has 0 amide bonds. The quantitative estimate of drug-likeness (QED) is 0.428. The third-order valence-electron chi connectivity index (χ3n) is 9.01. The minimum absolute atomic E-state index is 0.528. The smallest absolute Gasteiger partial charge is 0.229 e. The molecular weight excluding hydrogens is 368 g/mol. The minimum Gasteiger partial charge on any atom is -0.339 e. The van der Waals surface area contributed by atoms with Crippen LogP contribution >= 0.6 is 0 Å². The molecule has 0 unspecified atom stereocenters. The average Bonchev–Trinajstić information content (AvgIpc) is 3.29. The van der Waals surface area contributed by atoms with Crippen molar-refractivity contribution in [3.05, 3.63) is 11.7 Å². The van der Waals surface area contributed by atoms with Gasteiger partial charge in [-0.05, 0) is 87.9 Å². The van der Waals surface area contributed by atoms with Gasteiger partial charge in [0.2, 0.25) is 5.89 Å². The Morgan fingerprint density at radius 1 is 0.667 bits per heavy atom. The largest absolute Gasteiger partial charge is 0.339 e. The molecule has 0 bridgehead atoms. The highest BCUT2D eigenvalue weighted by Gasteiger charge is 2.33. The van der Waals surface area contributed by atoms with Crippen LogP contribution < -0.4 is 0 Å². The molecule has 0 spiro atoms. The predicted octanol–water partition coefficient (Wildman–Crippen LogP) is 8.41. The number of hydrogen-bond donors (Lipinski definition) is 0. The maximum Gasteiger partial charge on any atom is 0.229 e. The summed E-state index contributed by atoms with van der Waals surface area (Å²) in [5.74, 6) is 7.00. The summed E-state index contributed by atoms with van der Waals surface area (Å²) in [6.45, 7) is 4.65. The van der Waals surface area contributed by atoms with Crippen molar-refractivity contribution in [2.75, 3.05) is 0 Å². The first-order valence-electron chi connectivity index (χ1n) is 13.6. The van der Waals surface area contributed by atoms with E-state index in [0.29, 0.717) is 11.8 Å². The molecule has 4 rings (SSSR count). The number of nitrogens with zero attached hydrogens (tertiary/aromatic N) is 2. The molecule has 0 aromatic carbocycles. The van der Waals surface area contributed by atoms with Crippen molar-refractivity contribution in [2.24, 2.45) is 23.7 Å². The first kappa shape index (κ1) is 22.3. The third kappa shape index (κ3) is 5.68. The van der Waals surface area contributed by atoms with Gasteiger partial charge in [0.15, 0.2) is 5.82 Å². The van der Waals surface area contributed by atoms with Crippen LogP contribution in [-0.4, -0.2) is 10.1 Å². The summed E-state index contributed by atoms with van der Waals surface area (Å²) >= 11 is 0. The zero-order valence-electron chi connectivity index (χ0n) is 19.8. The van der Waals surface area contributed by atoms with Crippen LogP contribution in [0, 0.1) is 23.7 Å². The van der Waals surface area contributed by atoms with Gasteiger partial charge in [-0.15, -0.1) is 0 Å². The Morgan fingerprint density at radius 3 is 1.87 bits per heavy atom. The first-order valence-corrected chi connectivity index (χ1v) is 13.6. The fourth-order valence-corrected chi connectivity index (χ4v) is 6.98. The van der Waals surface area contributed by atoms with E-state index in [1.807, 2.05) is 0 Å². The zero-order valence-corrected chi connectivity index (χ0v) is 19.8. The van der Waals surface area contributed by atoms with E-state index < -0.39 is 0 Å². The van der Waals surface area contributed by atoms with Gasteiger partial charge in [-0.2, -0.15) is 4.98 Å². The maximum absolute atomic E-state index is 5.81. The van der Waals surface area contributed by atoms with Crippen molar-refractivity contribution in [2.45, 2.75) is 135 Å². The van der Waals surface area contributed by atoms with Gasteiger partial charge < -0.3 is 4.52 Å². The van der Waals surface area contributed by atoms with Gasteiger partial charge in [0.25, 0.3) is 0 Å². The second-order valence-corrected chi connectivity index (χ2v) is 11.0. The molecule has 0 N–H and O–H groups in total. The van der Waals surface area contributed by atoms with Crippen molar-refractivity contribution in [1.29, 1.82) is 0 Å². The lowest BCUT2D eigenvalue weighted by atomic mass is 9.68. The lowest BCUT2D eigenvalue weighted by Gasteiger charge is -2.37. The fourth-order valence-electron chi connectivity index (χ4n) is 6.98. The normalized spacial score (nSPS) is 35.4. The Bertz CT molecular complexity index is 602. The van der Waals surface area contributed by atoms with Crippen LogP contribution in [0.4, 0.5) is 0 Å². The van der Waals surface area contributed by atoms with Crippen molar-refractivity contribution >= 4 is 0 Å². The Balaban J connectivity index is 1.21. The number of rotatable bonds is 8. The highest BCUT2D eigenvalue weighted by molar-refractivity contribution is 5.02. The second-order valence-electron chi connectivity index (χ2n) is 11.0. The molecule has 30 heavy (non-hydrogen) atoms. The molecule has 3 heteroatoms. The van der Waals surface area contributed by atoms with E-state index >= 15 is 0 Å². The van der Waals surface area contributed by atoms with Crippen molar-refractivity contribution in [1.82, 2.24) is 10.1 Å². The van der Waals surface area contributed by atoms with Gasteiger partial charge >= 0.3 is 0 Å². The summed E-state index contributed by atoms with van der Waals surface area (Å²) < 4.78 is 5.81. The molecule has 0 saturated heterocycles. The summed E-state index contributed by atoms with van der Waals surface area (Å²) in [5, 5.41) is 4.45. The summed E-state index contributed by atoms with van der Waals surface area (Å²) in [5.41, 5.74) is 0. The van der Waals surface area contributed by atoms with E-state index in [4.69, 9.17) is 9.51 Å². The van der Waals surface area contributed by atoms with Gasteiger partial charge in [0.1, 0.15) is 0 Å². The molecule has 1 aromatic rings. The van der Waals surface area contributed by atoms with Crippen LogP contribution in [0.3, 0.4) is 0 Å². The number of hydrogen-bond acceptors (Lipinski definition) is 3. The minimum atomic E-state index is 0.528. The Hall–Kier alpha value is -0.860. The molecule has 1 aromatic heterocycles. The van der Waals surface area contributed by atoms with Gasteiger partial charge in [0.05, 0.1) is 0 Å². The van der Waals surface area contributed by atoms with Crippen molar-refractivity contribution in [3.8, 4) is 0 Å². The van der Waals surface area contributed by atoms with Gasteiger partial charge in [-0.3, -0.25) is 0 Å². The van der Waals surface area contributed by atoms with E-state index in [1.54, 1.807) is 0 Å². The Morgan fingerprint density at radius 2 is 1.23 bits per heavy atom. The monoisotopic (exact) mass is 414 g/mol. The van der Waals surface area contributed by atoms with Crippen LogP contribution in [-0.2, 0) is 0 Å². The van der Waals surface area contributed by atoms with Gasteiger partial charge in [-0.25, -0.2) is 0 Å². The van der Waals surface area contributed by atoms with Crippen LogP contribution in [0.25, 0.3) is 0 Å². The molecule has 3 aliphatic carbocycles. The average molecular weight is 415 g/mol. The van der Waals surface area contributed by atoms with Crippen LogP contribution in [0.15, 0.2) is 4.52 Å². The lowest BCUT2D eigenvalue weighted by molar-refractivity contribution is 0.150. The molecule has 3 fully saturated rings. The highest BCUT2D eigenvalue weighted by atomic mass is 16.5. The molecule has 3 aliphatic rings. The number of aromatic nitrogens is 2. The first-order chi connectivity index (χ1) is 14.8. The maximum atomic E-state index is 5.81. The fraction of sp³-hybridized carbons (Fsp3) is 0.926. The molecule has 3 saturated carbocycles. The molecule has 0 aliphatic heterocycles. The van der Waals surface area contributed by atoms with E-state index in [2.05, 4.69) is 19.0 Å². The Labute approximate surface area is 185 Å². The molecule has 170 valence electrons. The van der Waals surface area contributed by atoms with E-state index in [-0.39, 0.29) is 0 Å². The lowest BCUT2D eigenvalue weighted by Crippen LogP contribution is -2.25. The third-order valence-corrected chi connectivity index (χ3v) is 9.01. The van der Waals surface area contributed by atoms with E-state index in [1.165, 1.54) is 109 Å². The SMILES string of the molecule is CCCCC1CCC(c2noc(C3CCC(C4CCC(CCC)CC4)CC3)n2)CC1. The predicted molar refractivity (Wildman–Crippen MR) is 124 cm³/mol. The topological polar surface area (TPSA) is 38.9 Å². The molecule has 0 atom stereocenters. The van der Waals surface area contributed by atoms with Gasteiger partial charge in [-0.1, -0.05) is 63.9 Å². The van der Waals surface area contributed by atoms with Crippen molar-refractivity contribution < 1.29 is 4.52 Å². The summed E-state index contributed by atoms with van der Waals surface area (Å²) in [4.78, 5) is 4.93. The molecular formula is C27H46N2O. The van der Waals surface area contributed by atoms with E-state index in [0.717, 1.165) is 35.4 Å². The highest BCUT2D eigenvalue weighted by Crippen LogP contribution is 2.44. The molecule has 0 radical (unpaired) electrons. The van der Waals surface area contributed by atoms with Crippen LogP contribution in [0.1, 0.15) is 147 Å². The van der Waals surface area contributed by atoms with Crippen molar-refractivity contribution in [3.63, 3.8) is 0 Å². The zero-order chi connectivity index (χ0) is 20.8. The van der Waals surface area contributed by atoms with Gasteiger partial charge in [0, 0.05) is 11.8 Å². The number of unbranched alkanes of at least 4 members (excludes halogenated alkanes) is 1. The summed E-state index contributed by atoms with van der Waals surface area (Å²) in [6.07, 6.45) is 23.5. The summed E-state index contributed by atoms with van der Waals surface area (Å²) in [6, 6.07) is 0. The summed E-state index contributed by atoms with van der Waals surface area (Å²) in [7, 11) is 0. The molecule has 3 nitrogen and oxygen atoms in total.